The van der Waals surface area contributed by atoms with Gasteiger partial charge in [-0.15, -0.1) is 0 Å². The molecule has 2 atom stereocenters. The first kappa shape index (κ1) is 16.9. The molecule has 2 aromatic rings. The first-order valence-electron chi connectivity index (χ1n) is 8.69. The Balaban J connectivity index is 1.48. The van der Waals surface area contributed by atoms with E-state index in [9.17, 15) is 10.2 Å². The van der Waals surface area contributed by atoms with Gasteiger partial charge in [-0.1, -0.05) is 41.9 Å². The van der Waals surface area contributed by atoms with Crippen molar-refractivity contribution in [3.05, 3.63) is 64.7 Å². The average molecular weight is 360 g/mol. The fourth-order valence-electron chi connectivity index (χ4n) is 3.92. The fraction of sp³-hybridized carbons (Fsp3) is 0.400. The zero-order chi connectivity index (χ0) is 17.4. The van der Waals surface area contributed by atoms with Crippen molar-refractivity contribution >= 4 is 11.6 Å². The molecule has 0 spiro atoms. The number of hydrogen-bond donors (Lipinski definition) is 2. The molecule has 0 aliphatic carbocycles. The molecule has 2 aliphatic rings. The largest absolute Gasteiger partial charge is 0.491 e. The molecule has 0 unspecified atom stereocenters. The van der Waals surface area contributed by atoms with Crippen LogP contribution in [0, 0.1) is 0 Å². The minimum Gasteiger partial charge on any atom is -0.491 e. The summed E-state index contributed by atoms with van der Waals surface area (Å²) in [6.45, 7) is 1.87. The topological polar surface area (TPSA) is 52.9 Å². The van der Waals surface area contributed by atoms with E-state index >= 15 is 0 Å². The van der Waals surface area contributed by atoms with Crippen molar-refractivity contribution in [1.82, 2.24) is 4.90 Å². The van der Waals surface area contributed by atoms with Gasteiger partial charge in [0, 0.05) is 23.7 Å². The average Bonchev–Trinajstić information content (AvgIpc) is 2.64. The molecular formula is C20H22ClNO3. The second kappa shape index (κ2) is 6.61. The summed E-state index contributed by atoms with van der Waals surface area (Å²) in [7, 11) is 0. The van der Waals surface area contributed by atoms with Gasteiger partial charge in [-0.3, -0.25) is 4.90 Å². The summed E-state index contributed by atoms with van der Waals surface area (Å²) in [4.78, 5) is 2.21. The number of nitrogens with zero attached hydrogens (tertiary/aromatic N) is 1. The van der Waals surface area contributed by atoms with E-state index in [1.165, 1.54) is 0 Å². The predicted octanol–water partition coefficient (Wildman–Crippen LogP) is 3.12. The summed E-state index contributed by atoms with van der Waals surface area (Å²) < 4.78 is 5.83. The molecule has 2 heterocycles. The molecular weight excluding hydrogens is 338 g/mol. The van der Waals surface area contributed by atoms with Crippen LogP contribution in [0.15, 0.2) is 48.5 Å². The Morgan fingerprint density at radius 3 is 2.52 bits per heavy atom. The van der Waals surface area contributed by atoms with Crippen LogP contribution in [-0.4, -0.2) is 40.9 Å². The van der Waals surface area contributed by atoms with Crippen LogP contribution in [-0.2, 0) is 5.60 Å². The normalized spacial score (nSPS) is 25.9. The third-order valence-corrected chi connectivity index (χ3v) is 5.70. The van der Waals surface area contributed by atoms with Crippen molar-refractivity contribution in [3.63, 3.8) is 0 Å². The van der Waals surface area contributed by atoms with Crippen molar-refractivity contribution in [2.24, 2.45) is 0 Å². The van der Waals surface area contributed by atoms with Gasteiger partial charge in [0.1, 0.15) is 18.5 Å². The summed E-state index contributed by atoms with van der Waals surface area (Å²) >= 11 is 6.07. The highest BCUT2D eigenvalue weighted by atomic mass is 35.5. The Morgan fingerprint density at radius 2 is 1.80 bits per heavy atom. The predicted molar refractivity (Wildman–Crippen MR) is 96.8 cm³/mol. The summed E-state index contributed by atoms with van der Waals surface area (Å²) in [5.74, 6) is 0.700. The standard InChI is InChI=1S/C20H22ClNO3/c21-15-6-7-18-16(12-15)19(23)17(13-25-18)22-10-8-20(24,9-11-22)14-4-2-1-3-5-14/h1-7,12,17,19,23-24H,8-11,13H2/t17-,19+/m1/s1. The number of hydrogen-bond acceptors (Lipinski definition) is 4. The molecule has 0 saturated carbocycles. The number of aliphatic hydroxyl groups is 2. The Kier molecular flexibility index (Phi) is 4.46. The highest BCUT2D eigenvalue weighted by Gasteiger charge is 2.40. The number of benzene rings is 2. The van der Waals surface area contributed by atoms with Crippen LogP contribution in [0.4, 0.5) is 0 Å². The molecule has 0 amide bonds. The Bertz CT molecular complexity index is 744. The van der Waals surface area contributed by atoms with E-state index in [4.69, 9.17) is 16.3 Å². The van der Waals surface area contributed by atoms with Gasteiger partial charge < -0.3 is 14.9 Å². The van der Waals surface area contributed by atoms with Gasteiger partial charge in [-0.2, -0.15) is 0 Å². The minimum atomic E-state index is -0.792. The van der Waals surface area contributed by atoms with E-state index in [2.05, 4.69) is 4.90 Å². The summed E-state index contributed by atoms with van der Waals surface area (Å²) in [6.07, 6.45) is 0.649. The molecule has 5 heteroatoms. The van der Waals surface area contributed by atoms with Crippen molar-refractivity contribution in [2.75, 3.05) is 19.7 Å². The first-order valence-corrected chi connectivity index (χ1v) is 9.07. The third-order valence-electron chi connectivity index (χ3n) is 5.47. The number of rotatable bonds is 2. The lowest BCUT2D eigenvalue weighted by Crippen LogP contribution is -2.52. The molecule has 4 rings (SSSR count). The summed E-state index contributed by atoms with van der Waals surface area (Å²) in [5.41, 5.74) is 0.916. The maximum absolute atomic E-state index is 11.0. The number of fused-ring (bicyclic) bond motifs is 1. The number of piperidine rings is 1. The molecule has 0 radical (unpaired) electrons. The lowest BCUT2D eigenvalue weighted by atomic mass is 9.83. The molecule has 0 bridgehead atoms. The Hall–Kier alpha value is -1.59. The second-order valence-corrected chi connectivity index (χ2v) is 7.38. The zero-order valence-electron chi connectivity index (χ0n) is 13.9. The molecule has 1 saturated heterocycles. The first-order chi connectivity index (χ1) is 12.1. The number of aliphatic hydroxyl groups excluding tert-OH is 1. The van der Waals surface area contributed by atoms with Crippen LogP contribution in [0.2, 0.25) is 5.02 Å². The van der Waals surface area contributed by atoms with Gasteiger partial charge >= 0.3 is 0 Å². The highest BCUT2D eigenvalue weighted by Crippen LogP contribution is 2.39. The smallest absolute Gasteiger partial charge is 0.125 e. The van der Waals surface area contributed by atoms with E-state index in [0.717, 1.165) is 11.1 Å². The lowest BCUT2D eigenvalue weighted by molar-refractivity contribution is -0.0664. The van der Waals surface area contributed by atoms with Gasteiger partial charge in [0.25, 0.3) is 0 Å². The number of ether oxygens (including phenoxy) is 1. The van der Waals surface area contributed by atoms with Gasteiger partial charge in [0.15, 0.2) is 0 Å². The number of likely N-dealkylation sites (tertiary alicyclic amines) is 1. The van der Waals surface area contributed by atoms with Gasteiger partial charge in [0.05, 0.1) is 11.6 Å². The van der Waals surface area contributed by atoms with Crippen LogP contribution >= 0.6 is 11.6 Å². The molecule has 25 heavy (non-hydrogen) atoms. The summed E-state index contributed by atoms with van der Waals surface area (Å²) in [6, 6.07) is 15.1. The maximum atomic E-state index is 11.0. The molecule has 1 fully saturated rings. The summed E-state index contributed by atoms with van der Waals surface area (Å²) in [5, 5.41) is 22.4. The molecule has 0 aromatic heterocycles. The SMILES string of the molecule is O[C@H]1c2cc(Cl)ccc2OC[C@H]1N1CCC(O)(c2ccccc2)CC1. The molecule has 2 aromatic carbocycles. The Labute approximate surface area is 152 Å². The van der Waals surface area contributed by atoms with E-state index in [1.54, 1.807) is 12.1 Å². The van der Waals surface area contributed by atoms with Crippen molar-refractivity contribution in [1.29, 1.82) is 0 Å². The molecule has 132 valence electrons. The van der Waals surface area contributed by atoms with Gasteiger partial charge in [-0.25, -0.2) is 0 Å². The monoisotopic (exact) mass is 359 g/mol. The minimum absolute atomic E-state index is 0.119. The van der Waals surface area contributed by atoms with Crippen molar-refractivity contribution in [3.8, 4) is 5.75 Å². The van der Waals surface area contributed by atoms with Gasteiger partial charge in [-0.05, 0) is 36.6 Å². The van der Waals surface area contributed by atoms with Crippen LogP contribution in [0.1, 0.15) is 30.1 Å². The van der Waals surface area contributed by atoms with Crippen molar-refractivity contribution < 1.29 is 14.9 Å². The van der Waals surface area contributed by atoms with E-state index < -0.39 is 11.7 Å². The van der Waals surface area contributed by atoms with Gasteiger partial charge in [0.2, 0.25) is 0 Å². The van der Waals surface area contributed by atoms with E-state index in [1.807, 2.05) is 36.4 Å². The maximum Gasteiger partial charge on any atom is 0.125 e. The highest BCUT2D eigenvalue weighted by molar-refractivity contribution is 6.30. The van der Waals surface area contributed by atoms with Crippen molar-refractivity contribution in [2.45, 2.75) is 30.6 Å². The van der Waals surface area contributed by atoms with Crippen LogP contribution in [0.25, 0.3) is 0 Å². The molecule has 2 N–H and O–H groups in total. The van der Waals surface area contributed by atoms with Crippen LogP contribution in [0.5, 0.6) is 5.75 Å². The molecule has 2 aliphatic heterocycles. The second-order valence-electron chi connectivity index (χ2n) is 6.94. The lowest BCUT2D eigenvalue weighted by Gasteiger charge is -2.44. The molecule has 4 nitrogen and oxygen atoms in total. The Morgan fingerprint density at radius 1 is 1.08 bits per heavy atom. The zero-order valence-corrected chi connectivity index (χ0v) is 14.7. The third kappa shape index (κ3) is 3.15. The van der Waals surface area contributed by atoms with E-state index in [-0.39, 0.29) is 6.04 Å². The van der Waals surface area contributed by atoms with Crippen LogP contribution < -0.4 is 4.74 Å². The van der Waals surface area contributed by atoms with Crippen LogP contribution in [0.3, 0.4) is 0 Å². The van der Waals surface area contributed by atoms with E-state index in [0.29, 0.717) is 43.3 Å². The quantitative estimate of drug-likeness (QED) is 0.865. The number of halogens is 1. The fourth-order valence-corrected chi connectivity index (χ4v) is 4.10.